The molecule has 1 N–H and O–H groups in total. The van der Waals surface area contributed by atoms with Gasteiger partial charge in [-0.1, -0.05) is 23.7 Å². The first-order valence-corrected chi connectivity index (χ1v) is 12.2. The van der Waals surface area contributed by atoms with Crippen LogP contribution in [-0.2, 0) is 0 Å². The first-order chi connectivity index (χ1) is 16.8. The van der Waals surface area contributed by atoms with Gasteiger partial charge >= 0.3 is 0 Å². The van der Waals surface area contributed by atoms with Crippen molar-refractivity contribution in [2.45, 2.75) is 32.9 Å². The molecule has 0 unspecified atom stereocenters. The number of benzene rings is 3. The van der Waals surface area contributed by atoms with Crippen molar-refractivity contribution >= 4 is 40.0 Å². The standard InChI is InChI=1S/C28H29ClN4O2/c1-17-13-21(33-15-18(2)32(4)19(3)16-33)10-11-22(17)27(34)30-20-9-12-24(29)23(14-20)28-31-25-7-5-6-8-26(25)35-28/h5-14,18-19H,15-16H2,1-4H3,(H,30,34)/t18-,19+. The molecule has 0 radical (unpaired) electrons. The predicted molar refractivity (Wildman–Crippen MR) is 142 cm³/mol. The quantitative estimate of drug-likeness (QED) is 0.368. The average molecular weight is 489 g/mol. The van der Waals surface area contributed by atoms with E-state index in [1.165, 1.54) is 0 Å². The molecule has 1 aliphatic heterocycles. The zero-order valence-electron chi connectivity index (χ0n) is 20.4. The van der Waals surface area contributed by atoms with Crippen LogP contribution in [0.4, 0.5) is 11.4 Å². The number of amides is 1. The smallest absolute Gasteiger partial charge is 0.255 e. The van der Waals surface area contributed by atoms with Crippen LogP contribution in [0.5, 0.6) is 0 Å². The summed E-state index contributed by atoms with van der Waals surface area (Å²) in [5.74, 6) is 0.253. The van der Waals surface area contributed by atoms with Gasteiger partial charge in [-0.3, -0.25) is 9.69 Å². The topological polar surface area (TPSA) is 61.6 Å². The van der Waals surface area contributed by atoms with E-state index in [0.29, 0.717) is 45.4 Å². The van der Waals surface area contributed by atoms with Gasteiger partial charge < -0.3 is 14.6 Å². The van der Waals surface area contributed by atoms with Crippen LogP contribution in [0.25, 0.3) is 22.6 Å². The Kier molecular flexibility index (Phi) is 6.26. The predicted octanol–water partition coefficient (Wildman–Crippen LogP) is 6.24. The lowest BCUT2D eigenvalue weighted by atomic mass is 10.0. The van der Waals surface area contributed by atoms with Crippen molar-refractivity contribution in [1.29, 1.82) is 0 Å². The monoisotopic (exact) mass is 488 g/mol. The van der Waals surface area contributed by atoms with Gasteiger partial charge in [0, 0.05) is 42.1 Å². The number of carbonyl (C=O) groups is 1. The highest BCUT2D eigenvalue weighted by Gasteiger charge is 2.27. The molecule has 2 heterocycles. The number of rotatable bonds is 4. The zero-order chi connectivity index (χ0) is 24.7. The summed E-state index contributed by atoms with van der Waals surface area (Å²) >= 11 is 6.44. The molecule has 7 heteroatoms. The second-order valence-corrected chi connectivity index (χ2v) is 9.81. The van der Waals surface area contributed by atoms with Crippen LogP contribution in [0.2, 0.25) is 5.02 Å². The molecule has 0 spiro atoms. The van der Waals surface area contributed by atoms with Crippen molar-refractivity contribution in [2.24, 2.45) is 0 Å². The van der Waals surface area contributed by atoms with Crippen molar-refractivity contribution in [3.8, 4) is 11.5 Å². The van der Waals surface area contributed by atoms with Crippen molar-refractivity contribution in [3.05, 3.63) is 76.8 Å². The van der Waals surface area contributed by atoms with Crippen molar-refractivity contribution in [3.63, 3.8) is 0 Å². The fourth-order valence-corrected chi connectivity index (χ4v) is 4.87. The number of likely N-dealkylation sites (N-methyl/N-ethyl adjacent to an activating group) is 1. The van der Waals surface area contributed by atoms with Gasteiger partial charge in [-0.2, -0.15) is 0 Å². The third-order valence-electron chi connectivity index (χ3n) is 6.93. The van der Waals surface area contributed by atoms with Crippen LogP contribution in [0.1, 0.15) is 29.8 Å². The molecule has 2 atom stereocenters. The molecule has 0 bridgehead atoms. The summed E-state index contributed by atoms with van der Waals surface area (Å²) in [6, 6.07) is 19.9. The third kappa shape index (κ3) is 4.64. The molecule has 4 aromatic rings. The Bertz CT molecular complexity index is 1350. The molecule has 180 valence electrons. The Morgan fingerprint density at radius 2 is 1.80 bits per heavy atom. The molecule has 0 aliphatic carbocycles. The molecule has 5 rings (SSSR count). The third-order valence-corrected chi connectivity index (χ3v) is 7.26. The Balaban J connectivity index is 1.36. The number of hydrogen-bond acceptors (Lipinski definition) is 5. The van der Waals surface area contributed by atoms with Crippen LogP contribution in [-0.4, -0.2) is 48.0 Å². The van der Waals surface area contributed by atoms with Gasteiger partial charge in [0.2, 0.25) is 5.89 Å². The summed E-state index contributed by atoms with van der Waals surface area (Å²) in [7, 11) is 2.18. The number of nitrogens with zero attached hydrogens (tertiary/aromatic N) is 3. The van der Waals surface area contributed by atoms with E-state index in [2.05, 4.69) is 47.1 Å². The fraction of sp³-hybridized carbons (Fsp3) is 0.286. The van der Waals surface area contributed by atoms with Gasteiger partial charge in [-0.25, -0.2) is 4.98 Å². The minimum atomic E-state index is -0.167. The first kappa shape index (κ1) is 23.4. The molecule has 0 saturated carbocycles. The van der Waals surface area contributed by atoms with E-state index in [-0.39, 0.29) is 5.91 Å². The van der Waals surface area contributed by atoms with E-state index in [0.717, 1.165) is 29.9 Å². The minimum Gasteiger partial charge on any atom is -0.436 e. The molecule has 1 fully saturated rings. The van der Waals surface area contributed by atoms with Gasteiger partial charge in [0.1, 0.15) is 5.52 Å². The number of aryl methyl sites for hydroxylation is 1. The lowest BCUT2D eigenvalue weighted by Gasteiger charge is -2.43. The van der Waals surface area contributed by atoms with E-state index in [9.17, 15) is 4.79 Å². The number of halogens is 1. The molecular formula is C28H29ClN4O2. The minimum absolute atomic E-state index is 0.167. The van der Waals surface area contributed by atoms with Gasteiger partial charge in [0.15, 0.2) is 5.58 Å². The van der Waals surface area contributed by atoms with E-state index in [1.807, 2.05) is 43.3 Å². The molecule has 1 saturated heterocycles. The maximum Gasteiger partial charge on any atom is 0.255 e. The number of nitrogens with one attached hydrogen (secondary N) is 1. The second kappa shape index (κ2) is 9.36. The number of hydrogen-bond donors (Lipinski definition) is 1. The van der Waals surface area contributed by atoms with Gasteiger partial charge in [-0.05, 0) is 81.9 Å². The fourth-order valence-electron chi connectivity index (χ4n) is 4.67. The summed E-state index contributed by atoms with van der Waals surface area (Å²) in [5.41, 5.74) is 5.43. The van der Waals surface area contributed by atoms with Crippen LogP contribution in [0.15, 0.2) is 65.1 Å². The Morgan fingerprint density at radius 1 is 1.06 bits per heavy atom. The lowest BCUT2D eigenvalue weighted by Crippen LogP contribution is -2.55. The molecular weight excluding hydrogens is 460 g/mol. The molecule has 1 amide bonds. The number of oxazole rings is 1. The number of para-hydroxylation sites is 2. The highest BCUT2D eigenvalue weighted by molar-refractivity contribution is 6.33. The van der Waals surface area contributed by atoms with Crippen molar-refractivity contribution < 1.29 is 9.21 Å². The normalized spacial score (nSPS) is 18.7. The summed E-state index contributed by atoms with van der Waals surface area (Å²) in [4.78, 5) is 22.5. The number of fused-ring (bicyclic) bond motifs is 1. The average Bonchev–Trinajstić information content (AvgIpc) is 3.27. The van der Waals surface area contributed by atoms with Crippen molar-refractivity contribution in [1.82, 2.24) is 9.88 Å². The van der Waals surface area contributed by atoms with Gasteiger partial charge in [0.05, 0.1) is 10.6 Å². The molecule has 3 aromatic carbocycles. The number of piperazine rings is 1. The molecule has 35 heavy (non-hydrogen) atoms. The number of anilines is 2. The second-order valence-electron chi connectivity index (χ2n) is 9.40. The summed E-state index contributed by atoms with van der Waals surface area (Å²) in [6.07, 6.45) is 0. The van der Waals surface area contributed by atoms with Crippen LogP contribution in [0.3, 0.4) is 0 Å². The van der Waals surface area contributed by atoms with Gasteiger partial charge in [-0.15, -0.1) is 0 Å². The Morgan fingerprint density at radius 3 is 2.51 bits per heavy atom. The van der Waals surface area contributed by atoms with E-state index < -0.39 is 0 Å². The van der Waals surface area contributed by atoms with E-state index in [4.69, 9.17) is 16.0 Å². The summed E-state index contributed by atoms with van der Waals surface area (Å²) in [5, 5.41) is 3.51. The summed E-state index contributed by atoms with van der Waals surface area (Å²) in [6.45, 7) is 8.41. The maximum absolute atomic E-state index is 13.1. The zero-order valence-corrected chi connectivity index (χ0v) is 21.1. The highest BCUT2D eigenvalue weighted by atomic mass is 35.5. The van der Waals surface area contributed by atoms with Crippen LogP contribution < -0.4 is 10.2 Å². The van der Waals surface area contributed by atoms with Gasteiger partial charge in [0.25, 0.3) is 5.91 Å². The SMILES string of the molecule is Cc1cc(N2C[C@@H](C)N(C)[C@@H](C)C2)ccc1C(=O)Nc1ccc(Cl)c(-c2nc3ccccc3o2)c1. The molecule has 1 aromatic heterocycles. The largest absolute Gasteiger partial charge is 0.436 e. The van der Waals surface area contributed by atoms with Crippen LogP contribution in [0, 0.1) is 6.92 Å². The molecule has 1 aliphatic rings. The first-order valence-electron chi connectivity index (χ1n) is 11.8. The lowest BCUT2D eigenvalue weighted by molar-refractivity contribution is 0.102. The Labute approximate surface area is 210 Å². The Hall–Kier alpha value is -3.35. The number of carbonyl (C=O) groups excluding carboxylic acids is 1. The van der Waals surface area contributed by atoms with Crippen LogP contribution >= 0.6 is 11.6 Å². The highest BCUT2D eigenvalue weighted by Crippen LogP contribution is 2.32. The summed E-state index contributed by atoms with van der Waals surface area (Å²) < 4.78 is 5.88. The van der Waals surface area contributed by atoms with E-state index in [1.54, 1.807) is 18.2 Å². The maximum atomic E-state index is 13.1. The number of aromatic nitrogens is 1. The van der Waals surface area contributed by atoms with E-state index >= 15 is 0 Å². The van der Waals surface area contributed by atoms with Crippen molar-refractivity contribution in [2.75, 3.05) is 30.4 Å². The molecule has 6 nitrogen and oxygen atoms in total.